The summed E-state index contributed by atoms with van der Waals surface area (Å²) in [7, 11) is 1.65. The van der Waals surface area contributed by atoms with Gasteiger partial charge >= 0.3 is 0 Å². The van der Waals surface area contributed by atoms with Crippen LogP contribution in [0.2, 0.25) is 0 Å². The lowest BCUT2D eigenvalue weighted by Gasteiger charge is -2.25. The first-order chi connectivity index (χ1) is 14.3. The molecular formula is C22H24F2N4OS. The van der Waals surface area contributed by atoms with E-state index in [0.29, 0.717) is 17.3 Å². The number of nitrogens with zero attached hydrogens (tertiary/aromatic N) is 4. The molecule has 1 aromatic heterocycles. The molecule has 1 heterocycles. The molecule has 0 bridgehead atoms. The number of hydrogen-bond acceptors (Lipinski definition) is 4. The van der Waals surface area contributed by atoms with Crippen LogP contribution in [0.25, 0.3) is 11.4 Å². The van der Waals surface area contributed by atoms with Gasteiger partial charge in [-0.05, 0) is 44.0 Å². The van der Waals surface area contributed by atoms with Gasteiger partial charge in [0.25, 0.3) is 0 Å². The Bertz CT molecular complexity index is 1050. The van der Waals surface area contributed by atoms with E-state index in [2.05, 4.69) is 10.2 Å². The minimum atomic E-state index is -0.922. The molecule has 3 rings (SSSR count). The summed E-state index contributed by atoms with van der Waals surface area (Å²) in [5, 5.41) is 9.27. The second-order valence-corrected chi connectivity index (χ2v) is 7.95. The highest BCUT2D eigenvalue weighted by Crippen LogP contribution is 2.27. The Morgan fingerprint density at radius 1 is 1.17 bits per heavy atom. The topological polar surface area (TPSA) is 51.0 Å². The molecular weight excluding hydrogens is 406 g/mol. The summed E-state index contributed by atoms with van der Waals surface area (Å²) in [5.41, 5.74) is 2.65. The number of aromatic nitrogens is 3. The van der Waals surface area contributed by atoms with Crippen molar-refractivity contribution >= 4 is 17.7 Å². The molecule has 0 fully saturated rings. The molecule has 0 spiro atoms. The van der Waals surface area contributed by atoms with Gasteiger partial charge in [0, 0.05) is 19.2 Å². The van der Waals surface area contributed by atoms with Gasteiger partial charge < -0.3 is 9.47 Å². The van der Waals surface area contributed by atoms with Crippen LogP contribution < -0.4 is 0 Å². The van der Waals surface area contributed by atoms with Gasteiger partial charge in [-0.3, -0.25) is 4.79 Å². The fourth-order valence-electron chi connectivity index (χ4n) is 3.14. The second-order valence-electron chi connectivity index (χ2n) is 7.01. The van der Waals surface area contributed by atoms with Crippen molar-refractivity contribution in [3.05, 3.63) is 65.2 Å². The first-order valence-corrected chi connectivity index (χ1v) is 10.6. The fraction of sp³-hybridized carbons (Fsp3) is 0.318. The van der Waals surface area contributed by atoms with Crippen molar-refractivity contribution in [1.82, 2.24) is 19.7 Å². The lowest BCUT2D eigenvalue weighted by atomic mass is 10.1. The van der Waals surface area contributed by atoms with Gasteiger partial charge in [0.1, 0.15) is 0 Å². The summed E-state index contributed by atoms with van der Waals surface area (Å²) in [4.78, 5) is 14.2. The largest absolute Gasteiger partial charge is 0.338 e. The van der Waals surface area contributed by atoms with Crippen molar-refractivity contribution in [3.63, 3.8) is 0 Å². The van der Waals surface area contributed by atoms with E-state index in [1.165, 1.54) is 22.7 Å². The zero-order valence-corrected chi connectivity index (χ0v) is 18.2. The summed E-state index contributed by atoms with van der Waals surface area (Å²) in [6, 6.07) is 11.3. The first-order valence-electron chi connectivity index (χ1n) is 9.66. The predicted molar refractivity (Wildman–Crippen MR) is 114 cm³/mol. The first kappa shape index (κ1) is 22.0. The van der Waals surface area contributed by atoms with E-state index in [1.807, 2.05) is 42.7 Å². The fourth-order valence-corrected chi connectivity index (χ4v) is 4.07. The van der Waals surface area contributed by atoms with Crippen LogP contribution >= 0.6 is 11.8 Å². The lowest BCUT2D eigenvalue weighted by Crippen LogP contribution is -2.31. The third kappa shape index (κ3) is 4.53. The molecule has 0 saturated heterocycles. The molecule has 5 nitrogen and oxygen atoms in total. The molecule has 0 saturated carbocycles. The average molecular weight is 431 g/mol. The number of aryl methyl sites for hydroxylation is 1. The Balaban J connectivity index is 1.71. The van der Waals surface area contributed by atoms with Crippen LogP contribution in [0, 0.1) is 18.6 Å². The van der Waals surface area contributed by atoms with Crippen molar-refractivity contribution in [2.75, 3.05) is 12.8 Å². The van der Waals surface area contributed by atoms with Crippen LogP contribution in [0.15, 0.2) is 47.6 Å². The van der Waals surface area contributed by atoms with Gasteiger partial charge in [-0.1, -0.05) is 42.1 Å². The number of amides is 1. The van der Waals surface area contributed by atoms with Gasteiger partial charge in [-0.2, -0.15) is 0 Å². The number of thioether (sulfide) groups is 1. The van der Waals surface area contributed by atoms with Crippen molar-refractivity contribution in [2.45, 2.75) is 38.5 Å². The summed E-state index contributed by atoms with van der Waals surface area (Å²) in [6.07, 6.45) is 0. The van der Waals surface area contributed by atoms with Crippen LogP contribution in [-0.4, -0.2) is 38.4 Å². The van der Waals surface area contributed by atoms with Crippen LogP contribution in [0.3, 0.4) is 0 Å². The van der Waals surface area contributed by atoms with Crippen molar-refractivity contribution in [3.8, 4) is 11.4 Å². The zero-order chi connectivity index (χ0) is 21.8. The van der Waals surface area contributed by atoms with Crippen LogP contribution in [0.1, 0.15) is 31.0 Å². The molecule has 0 aliphatic heterocycles. The minimum Gasteiger partial charge on any atom is -0.338 e. The molecule has 30 heavy (non-hydrogen) atoms. The highest BCUT2D eigenvalue weighted by molar-refractivity contribution is 7.99. The number of hydrogen-bond donors (Lipinski definition) is 0. The third-order valence-corrected chi connectivity index (χ3v) is 6.10. The van der Waals surface area contributed by atoms with Crippen molar-refractivity contribution in [1.29, 1.82) is 0 Å². The van der Waals surface area contributed by atoms with Gasteiger partial charge in [-0.15, -0.1) is 10.2 Å². The number of carbonyl (C=O) groups excluding carboxylic acids is 1. The van der Waals surface area contributed by atoms with E-state index in [4.69, 9.17) is 0 Å². The lowest BCUT2D eigenvalue weighted by molar-refractivity contribution is -0.128. The smallest absolute Gasteiger partial charge is 0.233 e. The van der Waals surface area contributed by atoms with Gasteiger partial charge in [0.05, 0.1) is 11.8 Å². The van der Waals surface area contributed by atoms with E-state index < -0.39 is 11.6 Å². The molecule has 3 aromatic rings. The standard InChI is InChI=1S/C22H24F2N4OS/c1-5-28-21(17-9-7-6-8-14(17)2)25-26-22(28)30-13-20(29)27(4)15(3)16-10-11-18(23)19(24)12-16/h6-12,15H,5,13H2,1-4H3. The van der Waals surface area contributed by atoms with Crippen LogP contribution in [0.4, 0.5) is 8.78 Å². The van der Waals surface area contributed by atoms with Crippen molar-refractivity contribution < 1.29 is 13.6 Å². The van der Waals surface area contributed by atoms with Gasteiger partial charge in [0.15, 0.2) is 22.6 Å². The normalized spacial score (nSPS) is 12.1. The molecule has 1 amide bonds. The Hall–Kier alpha value is -2.74. The SMILES string of the molecule is CCn1c(SCC(=O)N(C)C(C)c2ccc(F)c(F)c2)nnc1-c1ccccc1C. The maximum Gasteiger partial charge on any atom is 0.233 e. The molecule has 0 radical (unpaired) electrons. The Kier molecular flexibility index (Phi) is 6.87. The summed E-state index contributed by atoms with van der Waals surface area (Å²) < 4.78 is 28.7. The van der Waals surface area contributed by atoms with Gasteiger partial charge in [-0.25, -0.2) is 8.78 Å². The molecule has 158 valence electrons. The minimum absolute atomic E-state index is 0.139. The van der Waals surface area contributed by atoms with E-state index in [-0.39, 0.29) is 17.7 Å². The number of carbonyl (C=O) groups is 1. The molecule has 8 heteroatoms. The van der Waals surface area contributed by atoms with Crippen LogP contribution in [0.5, 0.6) is 0 Å². The maximum atomic E-state index is 13.5. The summed E-state index contributed by atoms with van der Waals surface area (Å²) in [5.74, 6) is -1.03. The molecule has 0 aliphatic rings. The summed E-state index contributed by atoms with van der Waals surface area (Å²) in [6.45, 7) is 6.48. The number of rotatable bonds is 7. The van der Waals surface area contributed by atoms with Crippen molar-refractivity contribution in [2.24, 2.45) is 0 Å². The Morgan fingerprint density at radius 3 is 2.57 bits per heavy atom. The molecule has 1 atom stereocenters. The number of halogens is 2. The Labute approximate surface area is 179 Å². The Morgan fingerprint density at radius 2 is 1.90 bits per heavy atom. The van der Waals surface area contributed by atoms with Gasteiger partial charge in [0.2, 0.25) is 5.91 Å². The molecule has 0 aliphatic carbocycles. The van der Waals surface area contributed by atoms with E-state index >= 15 is 0 Å². The molecule has 0 N–H and O–H groups in total. The predicted octanol–water partition coefficient (Wildman–Crippen LogP) is 4.86. The quantitative estimate of drug-likeness (QED) is 0.502. The molecule has 2 aromatic carbocycles. The van der Waals surface area contributed by atoms with E-state index in [9.17, 15) is 13.6 Å². The average Bonchev–Trinajstić information content (AvgIpc) is 3.15. The third-order valence-electron chi connectivity index (χ3n) is 5.14. The highest BCUT2D eigenvalue weighted by Gasteiger charge is 2.21. The maximum absolute atomic E-state index is 13.5. The van der Waals surface area contributed by atoms with E-state index in [0.717, 1.165) is 29.1 Å². The highest BCUT2D eigenvalue weighted by atomic mass is 32.2. The number of benzene rings is 2. The monoisotopic (exact) mass is 430 g/mol. The second kappa shape index (κ2) is 9.38. The summed E-state index contributed by atoms with van der Waals surface area (Å²) >= 11 is 1.31. The molecule has 1 unspecified atom stereocenters. The van der Waals surface area contributed by atoms with E-state index in [1.54, 1.807) is 14.0 Å². The zero-order valence-electron chi connectivity index (χ0n) is 17.4. The van der Waals surface area contributed by atoms with Crippen LogP contribution in [-0.2, 0) is 11.3 Å².